The highest BCUT2D eigenvalue weighted by Gasteiger charge is 2.33. The van der Waals surface area contributed by atoms with Gasteiger partial charge in [-0.25, -0.2) is 4.98 Å². The highest BCUT2D eigenvalue weighted by atomic mass is 16.3. The number of H-pyrrole nitrogens is 2. The molecule has 7 atom stereocenters. The molecule has 0 aliphatic heterocycles. The summed E-state index contributed by atoms with van der Waals surface area (Å²) in [6.45, 7) is 4.83. The van der Waals surface area contributed by atoms with Gasteiger partial charge in [-0.1, -0.05) is 68.3 Å². The van der Waals surface area contributed by atoms with Crippen LogP contribution in [0.25, 0.3) is 10.9 Å². The summed E-state index contributed by atoms with van der Waals surface area (Å²) in [6, 6.07) is 9.87. The van der Waals surface area contributed by atoms with Gasteiger partial charge in [-0.15, -0.1) is 0 Å². The van der Waals surface area contributed by atoms with Crippen LogP contribution in [-0.4, -0.2) is 110 Å². The molecule has 1 unspecified atom stereocenters. The molecule has 2 aromatic heterocycles. The molecular formula is C43H61N13O7. The van der Waals surface area contributed by atoms with Gasteiger partial charge in [0.15, 0.2) is 5.96 Å². The molecule has 4 rings (SSSR count). The summed E-state index contributed by atoms with van der Waals surface area (Å²) in [5, 5.41) is 29.1. The van der Waals surface area contributed by atoms with E-state index in [9.17, 15) is 33.9 Å². The molecular weight excluding hydrogens is 811 g/mol. The Morgan fingerprint density at radius 3 is 2.06 bits per heavy atom. The average molecular weight is 872 g/mol. The van der Waals surface area contributed by atoms with Gasteiger partial charge in [-0.05, 0) is 49.8 Å². The van der Waals surface area contributed by atoms with Crippen molar-refractivity contribution in [1.29, 1.82) is 0 Å². The number of hydrogen-bond acceptors (Lipinski definition) is 10. The number of rotatable bonds is 26. The topological polar surface area (TPSA) is 330 Å². The molecule has 63 heavy (non-hydrogen) atoms. The first-order valence-corrected chi connectivity index (χ1v) is 21.0. The molecule has 0 radical (unpaired) electrons. The third-order valence-electron chi connectivity index (χ3n) is 10.3. The van der Waals surface area contributed by atoms with E-state index >= 15 is 0 Å². The lowest BCUT2D eigenvalue weighted by Crippen LogP contribution is -2.61. The van der Waals surface area contributed by atoms with Crippen LogP contribution in [0.3, 0.4) is 0 Å². The van der Waals surface area contributed by atoms with Crippen molar-refractivity contribution >= 4 is 52.3 Å². The second-order valence-electron chi connectivity index (χ2n) is 15.4. The molecule has 15 N–H and O–H groups in total. The maximum atomic E-state index is 14.3. The van der Waals surface area contributed by atoms with Crippen LogP contribution >= 0.6 is 0 Å². The molecule has 4 aromatic rings. The van der Waals surface area contributed by atoms with Crippen LogP contribution in [0.2, 0.25) is 0 Å². The smallest absolute Gasteiger partial charge is 0.243 e. The first-order valence-electron chi connectivity index (χ1n) is 21.0. The van der Waals surface area contributed by atoms with Crippen molar-refractivity contribution in [3.63, 3.8) is 0 Å². The van der Waals surface area contributed by atoms with E-state index in [1.807, 2.05) is 37.3 Å². The summed E-state index contributed by atoms with van der Waals surface area (Å²) in [4.78, 5) is 93.8. The van der Waals surface area contributed by atoms with Crippen molar-refractivity contribution in [2.75, 3.05) is 6.54 Å². The normalized spacial score (nSPS) is 14.5. The van der Waals surface area contributed by atoms with Gasteiger partial charge >= 0.3 is 0 Å². The van der Waals surface area contributed by atoms with E-state index in [4.69, 9.17) is 17.2 Å². The molecule has 20 nitrogen and oxygen atoms in total. The SMILES string of the molecule is CCCC[C@H](NC(C)=O)C(=O)N[C@@H](Cc1cnc[nH]1)C(O)N[C@@H](Cc1ccccc1)C(=O)N[C@@H](CCCN=C(N)N)C(=O)N[C@@H](C)C(=O)N[C@@H](Cc1c[nH]c2ccccc12)C(N)=O. The fourth-order valence-electron chi connectivity index (χ4n) is 6.94. The second kappa shape index (κ2) is 24.6. The zero-order valence-electron chi connectivity index (χ0n) is 35.9. The van der Waals surface area contributed by atoms with Gasteiger partial charge in [0.1, 0.15) is 30.4 Å². The molecule has 2 heterocycles. The molecule has 6 amide bonds. The van der Waals surface area contributed by atoms with Crippen molar-refractivity contribution in [3.05, 3.63) is 90.1 Å². The predicted molar refractivity (Wildman–Crippen MR) is 237 cm³/mol. The number of carbonyl (C=O) groups excluding carboxylic acids is 6. The minimum Gasteiger partial charge on any atom is -0.376 e. The van der Waals surface area contributed by atoms with E-state index in [1.54, 1.807) is 30.5 Å². The van der Waals surface area contributed by atoms with Gasteiger partial charge in [0.25, 0.3) is 0 Å². The Morgan fingerprint density at radius 1 is 0.746 bits per heavy atom. The van der Waals surface area contributed by atoms with Crippen molar-refractivity contribution in [2.45, 2.75) is 115 Å². The van der Waals surface area contributed by atoms with E-state index in [-0.39, 0.29) is 44.6 Å². The van der Waals surface area contributed by atoms with E-state index in [2.05, 4.69) is 51.8 Å². The number of fused-ring (bicyclic) bond motifs is 1. The molecule has 0 bridgehead atoms. The first kappa shape index (κ1) is 48.9. The van der Waals surface area contributed by atoms with Gasteiger partial charge in [0, 0.05) is 55.3 Å². The number of aliphatic hydroxyl groups is 1. The minimum absolute atomic E-state index is 0.0363. The molecule has 0 saturated heterocycles. The summed E-state index contributed by atoms with van der Waals surface area (Å²) in [5.41, 5.74) is 19.6. The van der Waals surface area contributed by atoms with Crippen molar-refractivity contribution < 1.29 is 33.9 Å². The number of para-hydroxylation sites is 1. The number of carbonyl (C=O) groups is 6. The Labute approximate surface area is 365 Å². The number of unbranched alkanes of at least 4 members (excludes halogenated alkanes) is 1. The summed E-state index contributed by atoms with van der Waals surface area (Å²) in [5.74, 6) is -3.94. The fourth-order valence-corrected chi connectivity index (χ4v) is 6.94. The Balaban J connectivity index is 1.54. The van der Waals surface area contributed by atoms with E-state index in [1.165, 1.54) is 26.4 Å². The van der Waals surface area contributed by atoms with Crippen molar-refractivity contribution in [1.82, 2.24) is 46.9 Å². The number of aromatic nitrogens is 3. The highest BCUT2D eigenvalue weighted by Crippen LogP contribution is 2.19. The van der Waals surface area contributed by atoms with E-state index < -0.39 is 77.9 Å². The molecule has 0 spiro atoms. The van der Waals surface area contributed by atoms with Crippen LogP contribution < -0.4 is 49.1 Å². The van der Waals surface area contributed by atoms with E-state index in [0.717, 1.165) is 22.9 Å². The molecule has 340 valence electrons. The van der Waals surface area contributed by atoms with Crippen LogP contribution in [0, 0.1) is 0 Å². The number of aromatic amines is 2. The van der Waals surface area contributed by atoms with Crippen LogP contribution in [0.4, 0.5) is 0 Å². The number of imidazole rings is 1. The number of guanidine groups is 1. The number of nitrogens with two attached hydrogens (primary N) is 3. The minimum atomic E-state index is -1.54. The van der Waals surface area contributed by atoms with Crippen LogP contribution in [0.1, 0.15) is 69.7 Å². The molecule has 20 heteroatoms. The van der Waals surface area contributed by atoms with Gasteiger partial charge in [0.05, 0.1) is 18.4 Å². The van der Waals surface area contributed by atoms with E-state index in [0.29, 0.717) is 24.1 Å². The lowest BCUT2D eigenvalue weighted by molar-refractivity contribution is -0.133. The number of aliphatic imine (C=N–C) groups is 1. The second-order valence-corrected chi connectivity index (χ2v) is 15.4. The number of benzene rings is 2. The monoisotopic (exact) mass is 871 g/mol. The third-order valence-corrected chi connectivity index (χ3v) is 10.3. The highest BCUT2D eigenvalue weighted by molar-refractivity contribution is 5.95. The molecule has 0 saturated carbocycles. The van der Waals surface area contributed by atoms with Gasteiger partial charge in [0.2, 0.25) is 35.4 Å². The summed E-state index contributed by atoms with van der Waals surface area (Å²) in [6.07, 6.45) is 5.48. The van der Waals surface area contributed by atoms with Gasteiger partial charge in [-0.2, -0.15) is 0 Å². The quantitative estimate of drug-likeness (QED) is 0.0163. The van der Waals surface area contributed by atoms with Gasteiger partial charge in [-0.3, -0.25) is 39.1 Å². The van der Waals surface area contributed by atoms with Crippen molar-refractivity contribution in [2.24, 2.45) is 22.2 Å². The maximum absolute atomic E-state index is 14.3. The average Bonchev–Trinajstić information content (AvgIpc) is 3.92. The first-order chi connectivity index (χ1) is 30.1. The zero-order valence-corrected chi connectivity index (χ0v) is 35.9. The lowest BCUT2D eigenvalue weighted by atomic mass is 10.0. The number of nitrogens with one attached hydrogen (secondary N) is 8. The Kier molecular flexibility index (Phi) is 19.1. The number of amides is 6. The fraction of sp³-hybridized carbons (Fsp3) is 0.442. The molecule has 0 aliphatic rings. The van der Waals surface area contributed by atoms with Gasteiger partial charge < -0.3 is 58.9 Å². The van der Waals surface area contributed by atoms with Crippen LogP contribution in [0.5, 0.6) is 0 Å². The van der Waals surface area contributed by atoms with Crippen LogP contribution in [-0.2, 0) is 48.0 Å². The predicted octanol–water partition coefficient (Wildman–Crippen LogP) is -0.612. The molecule has 0 aliphatic carbocycles. The third kappa shape index (κ3) is 15.9. The molecule has 0 fully saturated rings. The number of aliphatic hydroxyl groups excluding tert-OH is 1. The lowest BCUT2D eigenvalue weighted by Gasteiger charge is -2.31. The maximum Gasteiger partial charge on any atom is 0.243 e. The standard InChI is InChI=1S/C43H61N13O7/c1-4-5-15-32(52-26(3)57)40(61)56-36(21-29-23-47-24-50-29)42(63)55-35(19-27-12-7-6-8-13-27)41(62)53-33(17-11-18-48-43(45)46)39(60)51-25(2)38(59)54-34(37(44)58)20-28-22-49-31-16-10-9-14-30(28)31/h6-10,12-14,16,22-25,32-36,42,49,55,63H,4-5,11,15,17-21H2,1-3H3,(H2,44,58)(H,47,50)(H,51,60)(H,52,57)(H,53,62)(H,54,59)(H,56,61)(H4,45,46,48)/t25-,32-,33-,34-,35-,36-,42?/m0/s1. The summed E-state index contributed by atoms with van der Waals surface area (Å²) in [7, 11) is 0. The number of nitrogens with zero attached hydrogens (tertiary/aromatic N) is 2. The largest absolute Gasteiger partial charge is 0.376 e. The summed E-state index contributed by atoms with van der Waals surface area (Å²) < 4.78 is 0. The summed E-state index contributed by atoms with van der Waals surface area (Å²) >= 11 is 0. The number of primary amides is 1. The van der Waals surface area contributed by atoms with Crippen molar-refractivity contribution in [3.8, 4) is 0 Å². The Morgan fingerprint density at radius 2 is 1.40 bits per heavy atom. The Hall–Kier alpha value is -6.80. The number of hydrogen-bond donors (Lipinski definition) is 12. The Bertz CT molecular complexity index is 2140. The zero-order chi connectivity index (χ0) is 45.9. The molecule has 2 aromatic carbocycles. The van der Waals surface area contributed by atoms with Crippen LogP contribution in [0.15, 0.2) is 78.3 Å².